The van der Waals surface area contributed by atoms with Crippen LogP contribution in [-0.2, 0) is 13.6 Å². The first-order valence-electron chi connectivity index (χ1n) is 5.57. The number of nitrogens with zero attached hydrogens (tertiary/aromatic N) is 4. The summed E-state index contributed by atoms with van der Waals surface area (Å²) in [5.41, 5.74) is 0.257. The van der Waals surface area contributed by atoms with E-state index in [4.69, 9.17) is 5.11 Å². The van der Waals surface area contributed by atoms with Crippen molar-refractivity contribution in [3.05, 3.63) is 45.9 Å². The van der Waals surface area contributed by atoms with E-state index in [-0.39, 0.29) is 23.7 Å². The monoisotopic (exact) mass is 277 g/mol. The zero-order chi connectivity index (χ0) is 14.7. The summed E-state index contributed by atoms with van der Waals surface area (Å²) in [5.74, 6) is -1.33. The average molecular weight is 277 g/mol. The molecule has 9 nitrogen and oxygen atoms in total. The number of nitrogens with one attached hydrogen (secondary N) is 1. The summed E-state index contributed by atoms with van der Waals surface area (Å²) in [6.45, 7) is 0.255. The molecule has 0 aliphatic carbocycles. The van der Waals surface area contributed by atoms with Crippen LogP contribution in [0.1, 0.15) is 16.1 Å². The van der Waals surface area contributed by atoms with E-state index in [9.17, 15) is 14.9 Å². The van der Waals surface area contributed by atoms with Gasteiger partial charge in [-0.1, -0.05) is 0 Å². The average Bonchev–Trinajstić information content (AvgIpc) is 2.81. The minimum atomic E-state index is -1.25. The second-order valence-corrected chi connectivity index (χ2v) is 4.00. The molecule has 0 bridgehead atoms. The molecule has 0 amide bonds. The van der Waals surface area contributed by atoms with Crippen LogP contribution in [0, 0.1) is 10.1 Å². The van der Waals surface area contributed by atoms with Crippen LogP contribution in [0.3, 0.4) is 0 Å². The quantitative estimate of drug-likeness (QED) is 0.618. The maximum absolute atomic E-state index is 10.9. The number of hydrogen-bond donors (Lipinski definition) is 2. The molecule has 2 rings (SSSR count). The predicted octanol–water partition coefficient (Wildman–Crippen LogP) is 1.03. The lowest BCUT2D eigenvalue weighted by molar-refractivity contribution is -0.384. The Morgan fingerprint density at radius 1 is 1.55 bits per heavy atom. The molecule has 0 fully saturated rings. The van der Waals surface area contributed by atoms with Gasteiger partial charge in [-0.15, -0.1) is 0 Å². The Kier molecular flexibility index (Phi) is 3.60. The SMILES string of the molecule is Cn1cc(CNc2nc(C(=O)O)ccc2[N+](=O)[O-])cn1. The largest absolute Gasteiger partial charge is 0.477 e. The molecule has 0 atom stereocenters. The highest BCUT2D eigenvalue weighted by atomic mass is 16.6. The van der Waals surface area contributed by atoms with Crippen molar-refractivity contribution >= 4 is 17.5 Å². The zero-order valence-electron chi connectivity index (χ0n) is 10.5. The number of pyridine rings is 1. The molecule has 0 aliphatic rings. The molecule has 20 heavy (non-hydrogen) atoms. The van der Waals surface area contributed by atoms with Gasteiger partial charge < -0.3 is 10.4 Å². The molecule has 0 unspecified atom stereocenters. The van der Waals surface area contributed by atoms with E-state index in [1.54, 1.807) is 24.1 Å². The van der Waals surface area contributed by atoms with Gasteiger partial charge in [0.15, 0.2) is 5.69 Å². The van der Waals surface area contributed by atoms with E-state index >= 15 is 0 Å². The smallest absolute Gasteiger partial charge is 0.354 e. The molecule has 0 aromatic carbocycles. The predicted molar refractivity (Wildman–Crippen MR) is 68.4 cm³/mol. The van der Waals surface area contributed by atoms with E-state index in [2.05, 4.69) is 15.4 Å². The minimum absolute atomic E-state index is 0.0845. The molecule has 2 heterocycles. The maximum Gasteiger partial charge on any atom is 0.354 e. The highest BCUT2D eigenvalue weighted by Gasteiger charge is 2.18. The minimum Gasteiger partial charge on any atom is -0.477 e. The van der Waals surface area contributed by atoms with Gasteiger partial charge in [0.1, 0.15) is 0 Å². The van der Waals surface area contributed by atoms with Gasteiger partial charge in [0.05, 0.1) is 11.1 Å². The first-order chi connectivity index (χ1) is 9.47. The van der Waals surface area contributed by atoms with Crippen molar-refractivity contribution < 1.29 is 14.8 Å². The van der Waals surface area contributed by atoms with Crippen molar-refractivity contribution in [2.24, 2.45) is 7.05 Å². The standard InChI is InChI=1S/C11H11N5O4/c1-15-6-7(5-13-15)4-12-10-9(16(19)20)3-2-8(14-10)11(17)18/h2-3,5-6H,4H2,1H3,(H,12,14)(H,17,18). The van der Waals surface area contributed by atoms with Crippen molar-refractivity contribution in [3.8, 4) is 0 Å². The Bertz CT molecular complexity index is 667. The van der Waals surface area contributed by atoms with Gasteiger partial charge in [0.25, 0.3) is 0 Å². The highest BCUT2D eigenvalue weighted by molar-refractivity contribution is 5.86. The molecule has 0 radical (unpaired) electrons. The lowest BCUT2D eigenvalue weighted by Gasteiger charge is -2.05. The number of carboxylic acid groups (broad SMARTS) is 1. The Balaban J connectivity index is 2.25. The highest BCUT2D eigenvalue weighted by Crippen LogP contribution is 2.22. The van der Waals surface area contributed by atoms with Crippen molar-refractivity contribution in [2.75, 3.05) is 5.32 Å². The molecule has 0 saturated heterocycles. The summed E-state index contributed by atoms with van der Waals surface area (Å²) < 4.78 is 1.59. The van der Waals surface area contributed by atoms with E-state index in [1.165, 1.54) is 0 Å². The molecule has 0 aliphatic heterocycles. The van der Waals surface area contributed by atoms with Crippen LogP contribution in [0.25, 0.3) is 0 Å². The van der Waals surface area contributed by atoms with E-state index in [1.807, 2.05) is 0 Å². The molecular formula is C11H11N5O4. The van der Waals surface area contributed by atoms with Crippen LogP contribution in [0.5, 0.6) is 0 Å². The number of aromatic carboxylic acids is 1. The van der Waals surface area contributed by atoms with E-state index in [0.29, 0.717) is 0 Å². The Labute approximate surface area is 113 Å². The summed E-state index contributed by atoms with van der Waals surface area (Å²) in [6, 6.07) is 2.21. The van der Waals surface area contributed by atoms with Crippen molar-refractivity contribution in [1.82, 2.24) is 14.8 Å². The molecular weight excluding hydrogens is 266 g/mol. The first kappa shape index (κ1) is 13.5. The fourth-order valence-corrected chi connectivity index (χ4v) is 1.60. The van der Waals surface area contributed by atoms with Crippen LogP contribution >= 0.6 is 0 Å². The zero-order valence-corrected chi connectivity index (χ0v) is 10.5. The van der Waals surface area contributed by atoms with Crippen molar-refractivity contribution in [3.63, 3.8) is 0 Å². The fraction of sp³-hybridized carbons (Fsp3) is 0.182. The van der Waals surface area contributed by atoms with Gasteiger partial charge in [0.2, 0.25) is 5.82 Å². The second kappa shape index (κ2) is 5.34. The number of rotatable bonds is 5. The van der Waals surface area contributed by atoms with Gasteiger partial charge in [-0.05, 0) is 6.07 Å². The third-order valence-corrected chi connectivity index (χ3v) is 2.51. The first-order valence-corrected chi connectivity index (χ1v) is 5.57. The summed E-state index contributed by atoms with van der Waals surface area (Å²) in [5, 5.41) is 26.4. The van der Waals surface area contributed by atoms with Gasteiger partial charge in [-0.25, -0.2) is 9.78 Å². The number of aromatic nitrogens is 3. The summed E-state index contributed by atoms with van der Waals surface area (Å²) in [6.07, 6.45) is 3.33. The number of carbonyl (C=O) groups is 1. The van der Waals surface area contributed by atoms with Crippen LogP contribution in [0.4, 0.5) is 11.5 Å². The molecule has 2 N–H and O–H groups in total. The fourth-order valence-electron chi connectivity index (χ4n) is 1.60. The van der Waals surface area contributed by atoms with Gasteiger partial charge >= 0.3 is 11.7 Å². The Morgan fingerprint density at radius 2 is 2.30 bits per heavy atom. The molecule has 104 valence electrons. The Morgan fingerprint density at radius 3 is 2.85 bits per heavy atom. The van der Waals surface area contributed by atoms with Crippen LogP contribution in [0.15, 0.2) is 24.5 Å². The number of carboxylic acids is 1. The van der Waals surface area contributed by atoms with Crippen LogP contribution in [0.2, 0.25) is 0 Å². The van der Waals surface area contributed by atoms with E-state index in [0.717, 1.165) is 17.7 Å². The normalized spacial score (nSPS) is 10.2. The second-order valence-electron chi connectivity index (χ2n) is 4.00. The maximum atomic E-state index is 10.9. The summed E-state index contributed by atoms with van der Waals surface area (Å²) in [7, 11) is 1.75. The van der Waals surface area contributed by atoms with Gasteiger partial charge in [-0.3, -0.25) is 14.8 Å². The van der Waals surface area contributed by atoms with Crippen LogP contribution < -0.4 is 5.32 Å². The molecule has 0 saturated carbocycles. The summed E-state index contributed by atoms with van der Waals surface area (Å²) >= 11 is 0. The van der Waals surface area contributed by atoms with Crippen LogP contribution in [-0.4, -0.2) is 30.8 Å². The molecule has 0 spiro atoms. The number of anilines is 1. The third-order valence-electron chi connectivity index (χ3n) is 2.51. The lowest BCUT2D eigenvalue weighted by atomic mass is 10.3. The van der Waals surface area contributed by atoms with Gasteiger partial charge in [0, 0.05) is 31.4 Å². The number of aryl methyl sites for hydroxylation is 1. The van der Waals surface area contributed by atoms with Gasteiger partial charge in [-0.2, -0.15) is 5.10 Å². The summed E-state index contributed by atoms with van der Waals surface area (Å²) in [4.78, 5) is 24.8. The molecule has 2 aromatic heterocycles. The third kappa shape index (κ3) is 2.88. The number of hydrogen-bond acceptors (Lipinski definition) is 6. The molecule has 9 heteroatoms. The van der Waals surface area contributed by atoms with E-state index < -0.39 is 10.9 Å². The Hall–Kier alpha value is -2.97. The molecule has 2 aromatic rings. The van der Waals surface area contributed by atoms with Crippen molar-refractivity contribution in [1.29, 1.82) is 0 Å². The van der Waals surface area contributed by atoms with Crippen molar-refractivity contribution in [2.45, 2.75) is 6.54 Å². The topological polar surface area (TPSA) is 123 Å². The lowest BCUT2D eigenvalue weighted by Crippen LogP contribution is -2.08. The number of nitro groups is 1.